The van der Waals surface area contributed by atoms with Crippen molar-refractivity contribution in [2.45, 2.75) is 0 Å². The zero-order chi connectivity index (χ0) is 19.2. The SMILES string of the molecule is Cl[Si]1(Cl)O[Si](Cl)(Cl)O[Si](Cl)(Cl)O[Si](Cl)(Cl)O[Si](Cl)(Cl)O[Si](Cl)(Cl)O1. The third-order valence-corrected chi connectivity index (χ3v) is 29.5. The summed E-state index contributed by atoms with van der Waals surface area (Å²) in [7, 11) is -25.6. The standard InChI is InChI=1S/Cl12O6Si6/c1-19(2)13-20(3,4)15-22(7,8)17-24(11,12)18-23(9,10)16-21(5,6)14-19. The van der Waals surface area contributed by atoms with Gasteiger partial charge in [-0.05, 0) is 0 Å². The molecule has 24 heavy (non-hydrogen) atoms. The molecule has 1 fully saturated rings. The van der Waals surface area contributed by atoms with E-state index in [1.807, 2.05) is 0 Å². The van der Waals surface area contributed by atoms with Gasteiger partial charge in [-0.1, -0.05) is 133 Å². The van der Waals surface area contributed by atoms with E-state index in [2.05, 4.69) is 0 Å². The summed E-state index contributed by atoms with van der Waals surface area (Å²) in [6.07, 6.45) is 0. The van der Waals surface area contributed by atoms with Gasteiger partial charge < -0.3 is 24.7 Å². The van der Waals surface area contributed by atoms with Crippen molar-refractivity contribution in [1.82, 2.24) is 0 Å². The Bertz CT molecular complexity index is 332. The number of hydrogen-bond acceptors (Lipinski definition) is 6. The van der Waals surface area contributed by atoms with Crippen molar-refractivity contribution in [3.05, 3.63) is 0 Å². The predicted molar refractivity (Wildman–Crippen MR) is 111 cm³/mol. The summed E-state index contributed by atoms with van der Waals surface area (Å²) in [4.78, 5) is 0. The number of hydrogen-bond donors (Lipinski definition) is 0. The van der Waals surface area contributed by atoms with E-state index in [0.717, 1.165) is 0 Å². The Morgan fingerprint density at radius 3 is 0.417 bits per heavy atom. The molecule has 0 bridgehead atoms. The van der Waals surface area contributed by atoms with Gasteiger partial charge in [-0.25, -0.2) is 0 Å². The Labute approximate surface area is 198 Å². The Balaban J connectivity index is 3.24. The minimum Gasteiger partial charge on any atom is -0.368 e. The number of rotatable bonds is 0. The van der Waals surface area contributed by atoms with Crippen LogP contribution in [0.1, 0.15) is 0 Å². The van der Waals surface area contributed by atoms with Gasteiger partial charge in [0.15, 0.2) is 0 Å². The number of halogens is 12. The highest BCUT2D eigenvalue weighted by Gasteiger charge is 2.63. The summed E-state index contributed by atoms with van der Waals surface area (Å²) < 4.78 is 29.9. The quantitative estimate of drug-likeness (QED) is 0.245. The molecule has 6 nitrogen and oxygen atoms in total. The second-order valence-electron chi connectivity index (χ2n) is 3.39. The summed E-state index contributed by atoms with van der Waals surface area (Å²) in [5, 5.41) is 0. The third-order valence-electron chi connectivity index (χ3n) is 1.43. The molecule has 0 N–H and O–H groups in total. The van der Waals surface area contributed by atoms with E-state index in [1.165, 1.54) is 0 Å². The molecule has 1 heterocycles. The second-order valence-corrected chi connectivity index (χ2v) is 35.2. The summed E-state index contributed by atoms with van der Waals surface area (Å²) in [5.74, 6) is 0. The largest absolute Gasteiger partial charge is 0.536 e. The van der Waals surface area contributed by atoms with Gasteiger partial charge in [0, 0.05) is 0 Å². The highest BCUT2D eigenvalue weighted by atomic mass is 35.7. The van der Waals surface area contributed by atoms with E-state index < -0.39 is 43.1 Å². The van der Waals surface area contributed by atoms with Gasteiger partial charge >= 0.3 is 43.1 Å². The van der Waals surface area contributed by atoms with Crippen LogP contribution in [-0.2, 0) is 24.7 Å². The molecule has 1 aliphatic rings. The van der Waals surface area contributed by atoms with Crippen molar-refractivity contribution in [3.8, 4) is 0 Å². The van der Waals surface area contributed by atoms with Crippen LogP contribution in [-0.4, -0.2) is 43.1 Å². The molecular weight excluding hydrogens is 690 g/mol. The fourth-order valence-electron chi connectivity index (χ4n) is 0.955. The molecule has 0 atom stereocenters. The van der Waals surface area contributed by atoms with Crippen LogP contribution in [0.4, 0.5) is 0 Å². The van der Waals surface area contributed by atoms with Gasteiger partial charge in [0.1, 0.15) is 0 Å². The first kappa shape index (κ1) is 26.6. The maximum absolute atomic E-state index is 5.85. The van der Waals surface area contributed by atoms with Crippen LogP contribution in [0.2, 0.25) is 0 Å². The van der Waals surface area contributed by atoms with Crippen molar-refractivity contribution >= 4 is 176 Å². The fourth-order valence-corrected chi connectivity index (χ4v) is 42.8. The van der Waals surface area contributed by atoms with Crippen molar-refractivity contribution in [3.63, 3.8) is 0 Å². The lowest BCUT2D eigenvalue weighted by Gasteiger charge is -2.35. The molecule has 0 aliphatic carbocycles. The first-order valence-corrected chi connectivity index (χ1v) is 27.8. The second kappa shape index (κ2) is 8.96. The highest BCUT2D eigenvalue weighted by Crippen LogP contribution is 2.42. The summed E-state index contributed by atoms with van der Waals surface area (Å²) in [6, 6.07) is 0. The normalized spacial score (nSPS) is 31.5. The van der Waals surface area contributed by atoms with E-state index in [9.17, 15) is 0 Å². The lowest BCUT2D eigenvalue weighted by Crippen LogP contribution is -2.58. The molecule has 0 aromatic rings. The Morgan fingerprint density at radius 2 is 0.333 bits per heavy atom. The van der Waals surface area contributed by atoms with E-state index in [4.69, 9.17) is 158 Å². The lowest BCUT2D eigenvalue weighted by molar-refractivity contribution is 0.303. The topological polar surface area (TPSA) is 55.4 Å². The van der Waals surface area contributed by atoms with Crippen molar-refractivity contribution in [1.29, 1.82) is 0 Å². The van der Waals surface area contributed by atoms with Crippen molar-refractivity contribution in [2.75, 3.05) is 0 Å². The summed E-state index contributed by atoms with van der Waals surface area (Å²) in [5.41, 5.74) is 0. The van der Waals surface area contributed by atoms with Gasteiger partial charge in [-0.3, -0.25) is 0 Å². The first-order valence-electron chi connectivity index (χ1n) is 4.72. The molecular formula is Cl12O6Si6. The Hall–Kier alpha value is 4.54. The molecule has 0 spiro atoms. The minimum absolute atomic E-state index is 4.26. The monoisotopic (exact) mass is 683 g/mol. The van der Waals surface area contributed by atoms with Crippen molar-refractivity contribution in [2.24, 2.45) is 0 Å². The molecule has 24 heteroatoms. The maximum Gasteiger partial charge on any atom is 0.536 e. The van der Waals surface area contributed by atoms with E-state index in [-0.39, 0.29) is 0 Å². The Kier molecular flexibility index (Phi) is 9.92. The van der Waals surface area contributed by atoms with E-state index in [0.29, 0.717) is 0 Å². The van der Waals surface area contributed by atoms with Crippen LogP contribution in [0.15, 0.2) is 0 Å². The summed E-state index contributed by atoms with van der Waals surface area (Å²) >= 11 is 70.1. The minimum atomic E-state index is -4.26. The third kappa shape index (κ3) is 10.5. The van der Waals surface area contributed by atoms with Gasteiger partial charge in [0.2, 0.25) is 0 Å². The smallest absolute Gasteiger partial charge is 0.368 e. The van der Waals surface area contributed by atoms with Crippen LogP contribution >= 0.6 is 133 Å². The van der Waals surface area contributed by atoms with Crippen LogP contribution in [0.3, 0.4) is 0 Å². The van der Waals surface area contributed by atoms with E-state index >= 15 is 0 Å². The van der Waals surface area contributed by atoms with Crippen molar-refractivity contribution < 1.29 is 24.7 Å². The van der Waals surface area contributed by atoms with Gasteiger partial charge in [-0.15, -0.1) is 0 Å². The van der Waals surface area contributed by atoms with Gasteiger partial charge in [0.05, 0.1) is 0 Å². The van der Waals surface area contributed by atoms with Crippen LogP contribution in [0, 0.1) is 0 Å². The van der Waals surface area contributed by atoms with Gasteiger partial charge in [-0.2, -0.15) is 0 Å². The molecule has 144 valence electrons. The van der Waals surface area contributed by atoms with Crippen LogP contribution in [0.25, 0.3) is 0 Å². The summed E-state index contributed by atoms with van der Waals surface area (Å²) in [6.45, 7) is 0. The molecule has 0 saturated carbocycles. The molecule has 0 amide bonds. The highest BCUT2D eigenvalue weighted by molar-refractivity contribution is 7.57. The molecule has 1 rings (SSSR count). The molecule has 0 aromatic carbocycles. The van der Waals surface area contributed by atoms with Crippen LogP contribution in [0.5, 0.6) is 0 Å². The van der Waals surface area contributed by atoms with Crippen LogP contribution < -0.4 is 0 Å². The zero-order valence-electron chi connectivity index (χ0n) is 9.99. The zero-order valence-corrected chi connectivity index (χ0v) is 25.1. The first-order chi connectivity index (χ1) is 10.2. The molecule has 0 aromatic heterocycles. The molecule has 0 unspecified atom stereocenters. The average Bonchev–Trinajstić information content (AvgIpc) is 1.98. The average molecular weight is 690 g/mol. The molecule has 1 saturated heterocycles. The molecule has 1 aliphatic heterocycles. The Morgan fingerprint density at radius 1 is 0.250 bits per heavy atom. The van der Waals surface area contributed by atoms with E-state index in [1.54, 1.807) is 0 Å². The fraction of sp³-hybridized carbons (Fsp3) is 0. The van der Waals surface area contributed by atoms with Gasteiger partial charge in [0.25, 0.3) is 0 Å². The predicted octanol–water partition coefficient (Wildman–Crippen LogP) is 5.58. The maximum atomic E-state index is 5.85. The lowest BCUT2D eigenvalue weighted by atomic mass is 15.7. The molecule has 0 radical (unpaired) electrons.